The first-order valence-electron chi connectivity index (χ1n) is 8.72. The highest BCUT2D eigenvalue weighted by Crippen LogP contribution is 2.34. The first-order valence-corrected chi connectivity index (χ1v) is 8.72. The lowest BCUT2D eigenvalue weighted by molar-refractivity contribution is 0.0863. The number of aryl methyl sites for hydroxylation is 1. The van der Waals surface area contributed by atoms with Crippen LogP contribution in [0.3, 0.4) is 0 Å². The van der Waals surface area contributed by atoms with E-state index in [9.17, 15) is 9.59 Å². The maximum Gasteiger partial charge on any atom is 0.295 e. The van der Waals surface area contributed by atoms with Crippen molar-refractivity contribution in [1.29, 1.82) is 0 Å². The third kappa shape index (κ3) is 3.68. The van der Waals surface area contributed by atoms with Crippen molar-refractivity contribution in [2.75, 3.05) is 12.1 Å². The molecular weight excluding hydrogens is 360 g/mol. The number of benzene rings is 2. The number of hydrogen-bond acceptors (Lipinski definition) is 5. The highest BCUT2D eigenvalue weighted by atomic mass is 16.7. The molecule has 7 heteroatoms. The first kappa shape index (κ1) is 17.7. The van der Waals surface area contributed by atoms with E-state index in [0.29, 0.717) is 17.2 Å². The molecule has 0 bridgehead atoms. The Kier molecular flexibility index (Phi) is 4.72. The van der Waals surface area contributed by atoms with Crippen LogP contribution in [0.4, 0.5) is 5.69 Å². The zero-order chi connectivity index (χ0) is 19.5. The van der Waals surface area contributed by atoms with Gasteiger partial charge in [-0.25, -0.2) is 0 Å². The Balaban J connectivity index is 1.48. The smallest absolute Gasteiger partial charge is 0.295 e. The average Bonchev–Trinajstić information content (AvgIpc) is 3.16. The number of nitrogens with one attached hydrogen (secondary N) is 1. The number of ether oxygens (including phenoxy) is 2. The number of carbonyl (C=O) groups is 1. The predicted octanol–water partition coefficient (Wildman–Crippen LogP) is 2.77. The van der Waals surface area contributed by atoms with Crippen LogP contribution in [-0.2, 0) is 6.61 Å². The van der Waals surface area contributed by atoms with Gasteiger partial charge in [-0.05, 0) is 36.8 Å². The molecule has 7 nitrogen and oxygen atoms in total. The lowest BCUT2D eigenvalue weighted by Gasteiger charge is -2.10. The van der Waals surface area contributed by atoms with Gasteiger partial charge < -0.3 is 19.6 Å². The second-order valence-electron chi connectivity index (χ2n) is 6.33. The molecule has 1 N–H and O–H groups in total. The van der Waals surface area contributed by atoms with Crippen molar-refractivity contribution in [2.45, 2.75) is 13.5 Å². The molecule has 3 aromatic rings. The van der Waals surface area contributed by atoms with Crippen molar-refractivity contribution in [3.05, 3.63) is 87.8 Å². The molecule has 2 aromatic carbocycles. The van der Waals surface area contributed by atoms with E-state index in [4.69, 9.17) is 14.3 Å². The molecule has 142 valence electrons. The maximum absolute atomic E-state index is 12.6. The Hall–Kier alpha value is -3.74. The van der Waals surface area contributed by atoms with Crippen molar-refractivity contribution < 1.29 is 19.1 Å². The molecule has 1 aromatic heterocycles. The normalized spacial score (nSPS) is 11.9. The summed E-state index contributed by atoms with van der Waals surface area (Å²) < 4.78 is 11.6. The molecule has 0 fully saturated rings. The monoisotopic (exact) mass is 378 g/mol. The van der Waals surface area contributed by atoms with E-state index < -0.39 is 11.5 Å². The standard InChI is InChI=1S/C21H18N2O5/c1-14-4-6-15(7-5-14)12-28-23-10-2-3-17(21(23)25)20(24)22-16-8-9-18-19(11-16)27-13-26-18/h2-11H,12-13H2,1H3,(H,22,24). The minimum atomic E-state index is -0.534. The number of nitrogens with zero attached hydrogens (tertiary/aromatic N) is 1. The van der Waals surface area contributed by atoms with Crippen LogP contribution in [0.2, 0.25) is 0 Å². The second kappa shape index (κ2) is 7.48. The number of pyridine rings is 1. The van der Waals surface area contributed by atoms with Gasteiger partial charge in [0.1, 0.15) is 12.2 Å². The number of fused-ring (bicyclic) bond motifs is 1. The highest BCUT2D eigenvalue weighted by Gasteiger charge is 2.17. The van der Waals surface area contributed by atoms with E-state index in [1.807, 2.05) is 31.2 Å². The lowest BCUT2D eigenvalue weighted by atomic mass is 10.2. The van der Waals surface area contributed by atoms with Crippen LogP contribution < -0.4 is 25.2 Å². The minimum Gasteiger partial charge on any atom is -0.454 e. The maximum atomic E-state index is 12.6. The summed E-state index contributed by atoms with van der Waals surface area (Å²) in [6.45, 7) is 2.36. The number of hydrogen-bond donors (Lipinski definition) is 1. The van der Waals surface area contributed by atoms with Crippen LogP contribution in [0.25, 0.3) is 0 Å². The van der Waals surface area contributed by atoms with E-state index in [1.165, 1.54) is 12.3 Å². The van der Waals surface area contributed by atoms with Gasteiger partial charge in [-0.1, -0.05) is 29.8 Å². The lowest BCUT2D eigenvalue weighted by Crippen LogP contribution is -2.32. The molecule has 0 unspecified atom stereocenters. The predicted molar refractivity (Wildman–Crippen MR) is 103 cm³/mol. The number of amides is 1. The first-order chi connectivity index (χ1) is 13.6. The summed E-state index contributed by atoms with van der Waals surface area (Å²) in [6.07, 6.45) is 1.48. The Morgan fingerprint density at radius 3 is 2.71 bits per heavy atom. The van der Waals surface area contributed by atoms with E-state index in [1.54, 1.807) is 24.3 Å². The molecule has 4 rings (SSSR count). The molecule has 0 saturated heterocycles. The Morgan fingerprint density at radius 1 is 1.11 bits per heavy atom. The van der Waals surface area contributed by atoms with Crippen LogP contribution in [0.15, 0.2) is 65.6 Å². The van der Waals surface area contributed by atoms with Crippen molar-refractivity contribution in [3.63, 3.8) is 0 Å². The van der Waals surface area contributed by atoms with Gasteiger partial charge in [0.2, 0.25) is 6.79 Å². The molecule has 0 radical (unpaired) electrons. The van der Waals surface area contributed by atoms with Gasteiger partial charge in [-0.3, -0.25) is 9.59 Å². The van der Waals surface area contributed by atoms with Gasteiger partial charge in [0, 0.05) is 18.0 Å². The Bertz CT molecular complexity index is 1070. The summed E-state index contributed by atoms with van der Waals surface area (Å²) in [5, 5.41) is 2.69. The molecule has 1 aliphatic heterocycles. The molecule has 1 amide bonds. The summed E-state index contributed by atoms with van der Waals surface area (Å²) in [5.74, 6) is 0.631. The van der Waals surface area contributed by atoms with Crippen LogP contribution in [0, 0.1) is 6.92 Å². The fourth-order valence-corrected chi connectivity index (χ4v) is 2.75. The molecule has 0 spiro atoms. The molecular formula is C21H18N2O5. The van der Waals surface area contributed by atoms with Gasteiger partial charge in [0.15, 0.2) is 11.5 Å². The van der Waals surface area contributed by atoms with Crippen molar-refractivity contribution in [3.8, 4) is 11.5 Å². The average molecular weight is 378 g/mol. The summed E-state index contributed by atoms with van der Waals surface area (Å²) >= 11 is 0. The van der Waals surface area contributed by atoms with Crippen LogP contribution in [0.5, 0.6) is 11.5 Å². The third-order valence-electron chi connectivity index (χ3n) is 4.28. The molecule has 0 saturated carbocycles. The summed E-state index contributed by atoms with van der Waals surface area (Å²) in [4.78, 5) is 30.7. The topological polar surface area (TPSA) is 78.8 Å². The van der Waals surface area contributed by atoms with Crippen LogP contribution >= 0.6 is 0 Å². The molecule has 1 aliphatic rings. The van der Waals surface area contributed by atoms with E-state index in [2.05, 4.69) is 5.32 Å². The number of anilines is 1. The fourth-order valence-electron chi connectivity index (χ4n) is 2.75. The number of rotatable bonds is 5. The van der Waals surface area contributed by atoms with Gasteiger partial charge in [-0.15, -0.1) is 0 Å². The molecule has 2 heterocycles. The van der Waals surface area contributed by atoms with Crippen LogP contribution in [-0.4, -0.2) is 17.4 Å². The highest BCUT2D eigenvalue weighted by molar-refractivity contribution is 6.04. The zero-order valence-corrected chi connectivity index (χ0v) is 15.2. The Labute approximate surface area is 161 Å². The van der Waals surface area contributed by atoms with Crippen LogP contribution in [0.1, 0.15) is 21.5 Å². The van der Waals surface area contributed by atoms with E-state index in [0.717, 1.165) is 15.9 Å². The summed E-state index contributed by atoms with van der Waals surface area (Å²) in [5.41, 5.74) is 2.01. The largest absolute Gasteiger partial charge is 0.454 e. The molecule has 0 aliphatic carbocycles. The summed E-state index contributed by atoms with van der Waals surface area (Å²) in [7, 11) is 0. The van der Waals surface area contributed by atoms with Crippen molar-refractivity contribution in [1.82, 2.24) is 4.73 Å². The Morgan fingerprint density at radius 2 is 1.89 bits per heavy atom. The van der Waals surface area contributed by atoms with E-state index >= 15 is 0 Å². The summed E-state index contributed by atoms with van der Waals surface area (Å²) in [6, 6.07) is 15.9. The molecule has 28 heavy (non-hydrogen) atoms. The molecule has 0 atom stereocenters. The quantitative estimate of drug-likeness (QED) is 0.739. The minimum absolute atomic E-state index is 0.0240. The SMILES string of the molecule is Cc1ccc(COn2cccc(C(=O)Nc3ccc4c(c3)OCO4)c2=O)cc1. The second-order valence-corrected chi connectivity index (χ2v) is 6.33. The zero-order valence-electron chi connectivity index (χ0n) is 15.2. The van der Waals surface area contributed by atoms with Gasteiger partial charge in [0.25, 0.3) is 11.5 Å². The third-order valence-corrected chi connectivity index (χ3v) is 4.28. The van der Waals surface area contributed by atoms with Gasteiger partial charge in [-0.2, -0.15) is 4.73 Å². The van der Waals surface area contributed by atoms with E-state index in [-0.39, 0.29) is 19.0 Å². The number of aromatic nitrogens is 1. The van der Waals surface area contributed by atoms with Gasteiger partial charge >= 0.3 is 0 Å². The van der Waals surface area contributed by atoms with Crippen molar-refractivity contribution >= 4 is 11.6 Å². The fraction of sp³-hybridized carbons (Fsp3) is 0.143. The van der Waals surface area contributed by atoms with Gasteiger partial charge in [0.05, 0.1) is 0 Å². The number of carbonyl (C=O) groups excluding carboxylic acids is 1. The van der Waals surface area contributed by atoms with Crippen molar-refractivity contribution in [2.24, 2.45) is 0 Å².